The Bertz CT molecular complexity index is 408. The van der Waals surface area contributed by atoms with Crippen LogP contribution in [0.25, 0.3) is 0 Å². The Hall–Kier alpha value is -1.64. The van der Waals surface area contributed by atoms with Crippen LogP contribution in [0.1, 0.15) is 47.1 Å². The summed E-state index contributed by atoms with van der Waals surface area (Å²) in [5.74, 6) is -0.384. The van der Waals surface area contributed by atoms with Gasteiger partial charge in [0.25, 0.3) is 0 Å². The minimum atomic E-state index is -0.359. The highest BCUT2D eigenvalue weighted by Gasteiger charge is 2.16. The fourth-order valence-corrected chi connectivity index (χ4v) is 1.70. The Morgan fingerprint density at radius 3 is 2.31 bits per heavy atom. The molecule has 3 heteroatoms. The van der Waals surface area contributed by atoms with Gasteiger partial charge in [-0.3, -0.25) is 4.79 Å². The Morgan fingerprint density at radius 2 is 1.81 bits per heavy atom. The predicted molar refractivity (Wildman–Crippen MR) is 61.8 cm³/mol. The summed E-state index contributed by atoms with van der Waals surface area (Å²) in [6.45, 7) is 5.53. The number of carbonyl (C=O) groups excluding carboxylic acids is 2. The maximum absolute atomic E-state index is 11.7. The van der Waals surface area contributed by atoms with Gasteiger partial charge in [0.05, 0.1) is 12.2 Å². The van der Waals surface area contributed by atoms with Crippen LogP contribution < -0.4 is 0 Å². The van der Waals surface area contributed by atoms with Crippen molar-refractivity contribution in [3.8, 4) is 0 Å². The van der Waals surface area contributed by atoms with Crippen molar-refractivity contribution in [1.29, 1.82) is 0 Å². The molecule has 3 nitrogen and oxygen atoms in total. The first-order valence-electron chi connectivity index (χ1n) is 5.41. The zero-order valence-electron chi connectivity index (χ0n) is 9.87. The number of carbonyl (C=O) groups is 2. The zero-order valence-corrected chi connectivity index (χ0v) is 9.87. The van der Waals surface area contributed by atoms with Crippen LogP contribution in [-0.2, 0) is 11.2 Å². The van der Waals surface area contributed by atoms with Gasteiger partial charge in [0, 0.05) is 5.56 Å². The van der Waals surface area contributed by atoms with Crippen molar-refractivity contribution >= 4 is 11.8 Å². The number of ketones is 1. The smallest absolute Gasteiger partial charge is 0.338 e. The summed E-state index contributed by atoms with van der Waals surface area (Å²) in [6, 6.07) is 5.15. The molecule has 0 aromatic heterocycles. The second-order valence-corrected chi connectivity index (χ2v) is 3.46. The molecule has 1 aromatic carbocycles. The summed E-state index contributed by atoms with van der Waals surface area (Å²) in [5.41, 5.74) is 1.87. The molecule has 0 atom stereocenters. The SMILES string of the molecule is CCOC(=O)c1cccc(C(C)=O)c1CC. The summed E-state index contributed by atoms with van der Waals surface area (Å²) >= 11 is 0. The van der Waals surface area contributed by atoms with E-state index in [-0.39, 0.29) is 11.8 Å². The van der Waals surface area contributed by atoms with Crippen molar-refractivity contribution in [2.45, 2.75) is 27.2 Å². The molecule has 0 saturated heterocycles. The topological polar surface area (TPSA) is 43.4 Å². The van der Waals surface area contributed by atoms with Crippen LogP contribution in [0.3, 0.4) is 0 Å². The molecule has 0 saturated carbocycles. The van der Waals surface area contributed by atoms with Crippen molar-refractivity contribution in [3.05, 3.63) is 34.9 Å². The van der Waals surface area contributed by atoms with Crippen molar-refractivity contribution in [2.24, 2.45) is 0 Å². The third-order valence-corrected chi connectivity index (χ3v) is 2.40. The number of hydrogen-bond acceptors (Lipinski definition) is 3. The molecule has 0 bridgehead atoms. The molecule has 0 spiro atoms. The lowest BCUT2D eigenvalue weighted by molar-refractivity contribution is 0.0525. The van der Waals surface area contributed by atoms with Crippen LogP contribution in [0.5, 0.6) is 0 Å². The third kappa shape index (κ3) is 2.48. The number of Topliss-reactive ketones (excluding diaryl/α,β-unsaturated/α-hetero) is 1. The summed E-state index contributed by atoms with van der Waals surface area (Å²) in [6.07, 6.45) is 0.643. The highest BCUT2D eigenvalue weighted by Crippen LogP contribution is 2.17. The molecule has 1 aromatic rings. The molecule has 0 N–H and O–H groups in total. The van der Waals surface area contributed by atoms with Gasteiger partial charge < -0.3 is 4.74 Å². The lowest BCUT2D eigenvalue weighted by Gasteiger charge is -2.10. The highest BCUT2D eigenvalue weighted by molar-refractivity contribution is 6.00. The molecule has 86 valence electrons. The lowest BCUT2D eigenvalue weighted by atomic mass is 9.96. The van der Waals surface area contributed by atoms with E-state index < -0.39 is 0 Å². The van der Waals surface area contributed by atoms with E-state index in [1.165, 1.54) is 6.92 Å². The van der Waals surface area contributed by atoms with Crippen LogP contribution in [-0.4, -0.2) is 18.4 Å². The van der Waals surface area contributed by atoms with Crippen LogP contribution in [0.4, 0.5) is 0 Å². The molecular weight excluding hydrogens is 204 g/mol. The van der Waals surface area contributed by atoms with E-state index >= 15 is 0 Å². The monoisotopic (exact) mass is 220 g/mol. The third-order valence-electron chi connectivity index (χ3n) is 2.40. The van der Waals surface area contributed by atoms with Crippen LogP contribution in [0, 0.1) is 0 Å². The maximum atomic E-state index is 11.7. The van der Waals surface area contributed by atoms with Crippen molar-refractivity contribution in [1.82, 2.24) is 0 Å². The summed E-state index contributed by atoms with van der Waals surface area (Å²) in [4.78, 5) is 23.1. The molecule has 0 radical (unpaired) electrons. The first-order chi connectivity index (χ1) is 7.61. The van der Waals surface area contributed by atoms with Crippen LogP contribution in [0.2, 0.25) is 0 Å². The molecular formula is C13H16O3. The fourth-order valence-electron chi connectivity index (χ4n) is 1.70. The second-order valence-electron chi connectivity index (χ2n) is 3.46. The Morgan fingerprint density at radius 1 is 1.19 bits per heavy atom. The molecule has 0 fully saturated rings. The molecule has 0 aliphatic rings. The maximum Gasteiger partial charge on any atom is 0.338 e. The van der Waals surface area contributed by atoms with Gasteiger partial charge in [0.15, 0.2) is 5.78 Å². The number of esters is 1. The van der Waals surface area contributed by atoms with Crippen LogP contribution >= 0.6 is 0 Å². The van der Waals surface area contributed by atoms with E-state index in [0.717, 1.165) is 5.56 Å². The van der Waals surface area contributed by atoms with Gasteiger partial charge in [-0.05, 0) is 31.9 Å². The zero-order chi connectivity index (χ0) is 12.1. The highest BCUT2D eigenvalue weighted by atomic mass is 16.5. The minimum absolute atomic E-state index is 0.0250. The summed E-state index contributed by atoms with van der Waals surface area (Å²) in [5, 5.41) is 0. The van der Waals surface area contributed by atoms with Crippen molar-refractivity contribution < 1.29 is 14.3 Å². The van der Waals surface area contributed by atoms with Gasteiger partial charge in [-0.2, -0.15) is 0 Å². The molecule has 16 heavy (non-hydrogen) atoms. The van der Waals surface area contributed by atoms with E-state index in [0.29, 0.717) is 24.2 Å². The molecule has 1 rings (SSSR count). The van der Waals surface area contributed by atoms with E-state index in [2.05, 4.69) is 0 Å². The predicted octanol–water partition coefficient (Wildman–Crippen LogP) is 2.63. The molecule has 0 amide bonds. The van der Waals surface area contributed by atoms with Gasteiger partial charge >= 0.3 is 5.97 Å². The fraction of sp³-hybridized carbons (Fsp3) is 0.385. The van der Waals surface area contributed by atoms with Gasteiger partial charge in [-0.25, -0.2) is 4.79 Å². The first kappa shape index (κ1) is 12.4. The average Bonchev–Trinajstić information content (AvgIpc) is 2.28. The van der Waals surface area contributed by atoms with Gasteiger partial charge in [-0.1, -0.05) is 19.1 Å². The van der Waals surface area contributed by atoms with Crippen molar-refractivity contribution in [3.63, 3.8) is 0 Å². The largest absolute Gasteiger partial charge is 0.462 e. The van der Waals surface area contributed by atoms with Gasteiger partial charge in [0.2, 0.25) is 0 Å². The van der Waals surface area contributed by atoms with Gasteiger partial charge in [-0.15, -0.1) is 0 Å². The Balaban J connectivity index is 3.24. The van der Waals surface area contributed by atoms with E-state index in [4.69, 9.17) is 4.74 Å². The standard InChI is InChI=1S/C13H16O3/c1-4-10-11(9(3)14)7-6-8-12(10)13(15)16-5-2/h6-8H,4-5H2,1-3H3. The molecule has 0 heterocycles. The minimum Gasteiger partial charge on any atom is -0.462 e. The quantitative estimate of drug-likeness (QED) is 0.578. The molecule has 0 aliphatic carbocycles. The Kier molecular flexibility index (Phi) is 4.23. The van der Waals surface area contributed by atoms with E-state index in [9.17, 15) is 9.59 Å². The molecule has 0 unspecified atom stereocenters. The normalized spacial score (nSPS) is 9.94. The van der Waals surface area contributed by atoms with Crippen LogP contribution in [0.15, 0.2) is 18.2 Å². The van der Waals surface area contributed by atoms with Gasteiger partial charge in [0.1, 0.15) is 0 Å². The second kappa shape index (κ2) is 5.45. The first-order valence-corrected chi connectivity index (χ1v) is 5.41. The summed E-state index contributed by atoms with van der Waals surface area (Å²) in [7, 11) is 0. The number of benzene rings is 1. The van der Waals surface area contributed by atoms with E-state index in [1.54, 1.807) is 25.1 Å². The number of rotatable bonds is 4. The lowest BCUT2D eigenvalue weighted by Crippen LogP contribution is -2.11. The van der Waals surface area contributed by atoms with Crippen molar-refractivity contribution in [2.75, 3.05) is 6.61 Å². The number of ether oxygens (including phenoxy) is 1. The number of hydrogen-bond donors (Lipinski definition) is 0. The summed E-state index contributed by atoms with van der Waals surface area (Å²) < 4.78 is 4.95. The average molecular weight is 220 g/mol. The molecule has 0 aliphatic heterocycles. The van der Waals surface area contributed by atoms with E-state index in [1.807, 2.05) is 6.92 Å². The Labute approximate surface area is 95.4 Å².